The molecular weight excluding hydrogens is 346 g/mol. The van der Waals surface area contributed by atoms with Crippen LogP contribution >= 0.6 is 0 Å². The summed E-state index contributed by atoms with van der Waals surface area (Å²) in [5.74, 6) is -3.67. The van der Waals surface area contributed by atoms with Gasteiger partial charge in [-0.05, 0) is 24.5 Å². The third kappa shape index (κ3) is 4.56. The average Bonchev–Trinajstić information content (AvgIpc) is 2.95. The largest absolute Gasteiger partial charge is 0.467 e. The molecule has 2 rings (SSSR count). The molecule has 1 aromatic carbocycles. The fourth-order valence-electron chi connectivity index (χ4n) is 2.93. The second kappa shape index (κ2) is 8.25. The van der Waals surface area contributed by atoms with Crippen LogP contribution in [-0.2, 0) is 19.1 Å². The summed E-state index contributed by atoms with van der Waals surface area (Å²) in [5, 5.41) is 2.61. The Balaban J connectivity index is 2.09. The molecule has 0 bridgehead atoms. The Hall–Kier alpha value is -2.51. The van der Waals surface area contributed by atoms with E-state index in [0.29, 0.717) is 12.5 Å². The zero-order valence-corrected chi connectivity index (χ0v) is 14.9. The number of esters is 1. The maximum atomic E-state index is 13.9. The summed E-state index contributed by atoms with van der Waals surface area (Å²) in [4.78, 5) is 37.6. The van der Waals surface area contributed by atoms with Crippen molar-refractivity contribution in [2.24, 2.45) is 11.8 Å². The number of amides is 2. The second-order valence-corrected chi connectivity index (χ2v) is 6.72. The first-order valence-corrected chi connectivity index (χ1v) is 8.36. The van der Waals surface area contributed by atoms with Crippen molar-refractivity contribution in [1.29, 1.82) is 0 Å². The molecule has 8 heteroatoms. The highest BCUT2D eigenvalue weighted by Gasteiger charge is 2.37. The zero-order chi connectivity index (χ0) is 19.4. The van der Waals surface area contributed by atoms with E-state index in [1.165, 1.54) is 13.2 Å². The molecule has 0 aliphatic carbocycles. The van der Waals surface area contributed by atoms with Gasteiger partial charge in [0.15, 0.2) is 0 Å². The second-order valence-electron chi connectivity index (χ2n) is 6.72. The summed E-state index contributed by atoms with van der Waals surface area (Å²) < 4.78 is 31.7. The van der Waals surface area contributed by atoms with E-state index in [4.69, 9.17) is 4.74 Å². The fourth-order valence-corrected chi connectivity index (χ4v) is 2.93. The lowest BCUT2D eigenvalue weighted by Crippen LogP contribution is -2.45. The van der Waals surface area contributed by atoms with Crippen LogP contribution in [0.2, 0.25) is 0 Å². The van der Waals surface area contributed by atoms with E-state index >= 15 is 0 Å². The minimum Gasteiger partial charge on any atom is -0.467 e. The molecule has 6 nitrogen and oxygen atoms in total. The Labute approximate surface area is 150 Å². The predicted octanol–water partition coefficient (Wildman–Crippen LogP) is 2.02. The summed E-state index contributed by atoms with van der Waals surface area (Å²) in [6.07, 6.45) is 0.285. The molecule has 0 unspecified atom stereocenters. The molecule has 0 aromatic heterocycles. The number of rotatable bonds is 6. The Bertz CT molecular complexity index is 708. The molecular formula is C18H22F2N2O4. The summed E-state index contributed by atoms with van der Waals surface area (Å²) in [6.45, 7) is 3.77. The lowest BCUT2D eigenvalue weighted by atomic mass is 10.0. The molecule has 1 aliphatic rings. The molecule has 142 valence electrons. The average molecular weight is 368 g/mol. The lowest BCUT2D eigenvalue weighted by Gasteiger charge is -2.21. The van der Waals surface area contributed by atoms with Crippen LogP contribution in [0.3, 0.4) is 0 Å². The smallest absolute Gasteiger partial charge is 0.328 e. The zero-order valence-electron chi connectivity index (χ0n) is 14.9. The van der Waals surface area contributed by atoms with Gasteiger partial charge in [0.1, 0.15) is 17.7 Å². The first-order valence-electron chi connectivity index (χ1n) is 8.36. The van der Waals surface area contributed by atoms with Crippen LogP contribution in [0.25, 0.3) is 0 Å². The summed E-state index contributed by atoms with van der Waals surface area (Å²) in [6, 6.07) is 2.10. The van der Waals surface area contributed by atoms with Crippen molar-refractivity contribution in [3.05, 3.63) is 29.8 Å². The molecule has 1 heterocycles. The summed E-state index contributed by atoms with van der Waals surface area (Å²) in [5.41, 5.74) is -0.0709. The van der Waals surface area contributed by atoms with Crippen molar-refractivity contribution in [3.8, 4) is 0 Å². The molecule has 0 radical (unpaired) electrons. The van der Waals surface area contributed by atoms with E-state index in [0.717, 1.165) is 11.0 Å². The number of methoxy groups -OCH3 is 1. The van der Waals surface area contributed by atoms with Crippen molar-refractivity contribution >= 4 is 23.5 Å². The van der Waals surface area contributed by atoms with Gasteiger partial charge in [-0.15, -0.1) is 0 Å². The van der Waals surface area contributed by atoms with E-state index in [9.17, 15) is 23.2 Å². The van der Waals surface area contributed by atoms with Crippen molar-refractivity contribution < 1.29 is 27.9 Å². The number of anilines is 1. The number of benzene rings is 1. The topological polar surface area (TPSA) is 75.7 Å². The lowest BCUT2D eigenvalue weighted by molar-refractivity contribution is -0.146. The number of nitrogens with zero attached hydrogens (tertiary/aromatic N) is 1. The Morgan fingerprint density at radius 3 is 2.62 bits per heavy atom. The maximum Gasteiger partial charge on any atom is 0.328 e. The maximum absolute atomic E-state index is 13.9. The third-order valence-corrected chi connectivity index (χ3v) is 4.21. The van der Waals surface area contributed by atoms with Crippen LogP contribution in [-0.4, -0.2) is 37.5 Å². The van der Waals surface area contributed by atoms with Crippen LogP contribution in [0.1, 0.15) is 26.7 Å². The van der Waals surface area contributed by atoms with Crippen LogP contribution in [0.4, 0.5) is 14.5 Å². The molecule has 1 N–H and O–H groups in total. The first-order chi connectivity index (χ1) is 12.2. The number of carbonyl (C=O) groups excluding carboxylic acids is 3. The Morgan fingerprint density at radius 1 is 1.35 bits per heavy atom. The molecule has 1 aliphatic heterocycles. The van der Waals surface area contributed by atoms with Crippen LogP contribution in [0.15, 0.2) is 18.2 Å². The number of ether oxygens (including phenoxy) is 1. The van der Waals surface area contributed by atoms with Crippen molar-refractivity contribution in [1.82, 2.24) is 5.32 Å². The van der Waals surface area contributed by atoms with Gasteiger partial charge in [-0.1, -0.05) is 13.8 Å². The monoisotopic (exact) mass is 368 g/mol. The molecule has 0 spiro atoms. The minimum absolute atomic E-state index is 0.0389. The van der Waals surface area contributed by atoms with Crippen LogP contribution < -0.4 is 10.2 Å². The van der Waals surface area contributed by atoms with E-state index in [2.05, 4.69) is 5.32 Å². The molecule has 1 saturated heterocycles. The van der Waals surface area contributed by atoms with Gasteiger partial charge in [-0.2, -0.15) is 0 Å². The highest BCUT2D eigenvalue weighted by Crippen LogP contribution is 2.28. The van der Waals surface area contributed by atoms with Crippen LogP contribution in [0.5, 0.6) is 0 Å². The Morgan fingerprint density at radius 2 is 2.04 bits per heavy atom. The predicted molar refractivity (Wildman–Crippen MR) is 90.2 cm³/mol. The van der Waals surface area contributed by atoms with Crippen molar-refractivity contribution in [3.63, 3.8) is 0 Å². The van der Waals surface area contributed by atoms with Gasteiger partial charge in [-0.3, -0.25) is 9.59 Å². The SMILES string of the molecule is COC(=O)[C@H](CC(C)C)NC(=O)[C@@H]1CC(=O)N(c2ccc(F)cc2F)C1. The van der Waals surface area contributed by atoms with E-state index in [1.807, 2.05) is 13.8 Å². The first kappa shape index (κ1) is 19.8. The van der Waals surface area contributed by atoms with Crippen LogP contribution in [0, 0.1) is 23.5 Å². The quantitative estimate of drug-likeness (QED) is 0.780. The molecule has 0 saturated carbocycles. The number of hydrogen-bond donors (Lipinski definition) is 1. The van der Waals surface area contributed by atoms with Crippen molar-refractivity contribution in [2.75, 3.05) is 18.6 Å². The third-order valence-electron chi connectivity index (χ3n) is 4.21. The van der Waals surface area contributed by atoms with Crippen molar-refractivity contribution in [2.45, 2.75) is 32.7 Å². The van der Waals surface area contributed by atoms with Gasteiger partial charge in [0.2, 0.25) is 11.8 Å². The van der Waals surface area contributed by atoms with E-state index in [-0.39, 0.29) is 24.6 Å². The highest BCUT2D eigenvalue weighted by atomic mass is 19.1. The number of carbonyl (C=O) groups is 3. The number of hydrogen-bond acceptors (Lipinski definition) is 4. The molecule has 1 aromatic rings. The van der Waals surface area contributed by atoms with E-state index in [1.54, 1.807) is 0 Å². The van der Waals surface area contributed by atoms with Gasteiger partial charge in [0, 0.05) is 19.0 Å². The minimum atomic E-state index is -0.869. The molecule has 2 amide bonds. The van der Waals surface area contributed by atoms with Gasteiger partial charge < -0.3 is 15.0 Å². The molecule has 1 fully saturated rings. The number of nitrogens with one attached hydrogen (secondary N) is 1. The number of halogens is 2. The van der Waals surface area contributed by atoms with Gasteiger partial charge >= 0.3 is 5.97 Å². The highest BCUT2D eigenvalue weighted by molar-refractivity contribution is 6.00. The van der Waals surface area contributed by atoms with Gasteiger partial charge in [-0.25, -0.2) is 13.6 Å². The molecule has 26 heavy (non-hydrogen) atoms. The standard InChI is InChI=1S/C18H22F2N2O4/c1-10(2)6-14(18(25)26-3)21-17(24)11-7-16(23)22(9-11)15-5-4-12(19)8-13(15)20/h4-5,8,10-11,14H,6-7,9H2,1-3H3,(H,21,24)/t11-,14+/m1/s1. The molecule has 2 atom stereocenters. The fraction of sp³-hybridized carbons (Fsp3) is 0.500. The van der Waals surface area contributed by atoms with Gasteiger partial charge in [0.05, 0.1) is 18.7 Å². The van der Waals surface area contributed by atoms with E-state index < -0.39 is 41.4 Å². The summed E-state index contributed by atoms with van der Waals surface area (Å²) >= 11 is 0. The Kier molecular flexibility index (Phi) is 6.28. The normalized spacial score (nSPS) is 18.2. The summed E-state index contributed by atoms with van der Waals surface area (Å²) in [7, 11) is 1.24. The van der Waals surface area contributed by atoms with Gasteiger partial charge in [0.25, 0.3) is 0 Å².